The number of hydrogen-bond donors (Lipinski definition) is 2. The molecule has 0 aromatic heterocycles. The van der Waals surface area contributed by atoms with Gasteiger partial charge in [-0.2, -0.15) is 5.10 Å². The highest BCUT2D eigenvalue weighted by Crippen LogP contribution is 2.12. The molecule has 136 valence electrons. The second kappa shape index (κ2) is 8.94. The second-order valence-corrected chi connectivity index (χ2v) is 6.98. The molecule has 0 unspecified atom stereocenters. The molecule has 2 N–H and O–H groups in total. The number of rotatable bonds is 6. The molecule has 0 bridgehead atoms. The summed E-state index contributed by atoms with van der Waals surface area (Å²) in [7, 11) is 0. The maximum Gasteiger partial charge on any atom is 0.241 e. The number of nitrogens with one attached hydrogen (secondary N) is 2. The van der Waals surface area contributed by atoms with Crippen molar-refractivity contribution in [3.05, 3.63) is 71.8 Å². The predicted octanol–water partition coefficient (Wildman–Crippen LogP) is 3.11. The summed E-state index contributed by atoms with van der Waals surface area (Å²) in [5, 5.41) is 7.07. The van der Waals surface area contributed by atoms with Crippen molar-refractivity contribution in [1.29, 1.82) is 0 Å². The highest BCUT2D eigenvalue weighted by Gasteiger charge is 2.20. The molecule has 0 radical (unpaired) electrons. The van der Waals surface area contributed by atoms with Crippen molar-refractivity contribution in [2.75, 3.05) is 6.54 Å². The van der Waals surface area contributed by atoms with Gasteiger partial charge in [-0.15, -0.1) is 0 Å². The third kappa shape index (κ3) is 5.84. The van der Waals surface area contributed by atoms with Crippen LogP contribution in [0.15, 0.2) is 65.8 Å². The molecule has 5 nitrogen and oxygen atoms in total. The number of hydrazone groups is 1. The van der Waals surface area contributed by atoms with Crippen molar-refractivity contribution < 1.29 is 9.59 Å². The van der Waals surface area contributed by atoms with Crippen LogP contribution in [0.3, 0.4) is 0 Å². The Morgan fingerprint density at radius 2 is 1.38 bits per heavy atom. The van der Waals surface area contributed by atoms with Gasteiger partial charge in [-0.05, 0) is 0 Å². The molecule has 0 aliphatic rings. The molecule has 2 amide bonds. The van der Waals surface area contributed by atoms with E-state index in [4.69, 9.17) is 0 Å². The quantitative estimate of drug-likeness (QED) is 0.620. The lowest BCUT2D eigenvalue weighted by atomic mass is 9.96. The lowest BCUT2D eigenvalue weighted by molar-refractivity contribution is -0.128. The molecule has 0 aliphatic heterocycles. The van der Waals surface area contributed by atoms with Gasteiger partial charge in [-0.3, -0.25) is 9.59 Å². The molecule has 2 aromatic carbocycles. The summed E-state index contributed by atoms with van der Waals surface area (Å²) >= 11 is 0. The highest BCUT2D eigenvalue weighted by molar-refractivity contribution is 6.13. The Labute approximate surface area is 154 Å². The van der Waals surface area contributed by atoms with Crippen molar-refractivity contribution in [1.82, 2.24) is 10.7 Å². The largest absolute Gasteiger partial charge is 0.355 e. The van der Waals surface area contributed by atoms with Gasteiger partial charge >= 0.3 is 0 Å². The van der Waals surface area contributed by atoms with Gasteiger partial charge in [0.1, 0.15) is 0 Å². The first kappa shape index (κ1) is 19.4. The first-order valence-electron chi connectivity index (χ1n) is 8.63. The lowest BCUT2D eigenvalue weighted by Crippen LogP contribution is -2.37. The topological polar surface area (TPSA) is 70.6 Å². The van der Waals surface area contributed by atoms with Gasteiger partial charge in [-0.1, -0.05) is 81.4 Å². The smallest absolute Gasteiger partial charge is 0.241 e. The fourth-order valence-electron chi connectivity index (χ4n) is 2.22. The molecule has 0 heterocycles. The first-order valence-corrected chi connectivity index (χ1v) is 8.63. The van der Waals surface area contributed by atoms with E-state index in [1.807, 2.05) is 81.4 Å². The van der Waals surface area contributed by atoms with Crippen molar-refractivity contribution in [3.63, 3.8) is 0 Å². The second-order valence-electron chi connectivity index (χ2n) is 6.98. The first-order chi connectivity index (χ1) is 12.4. The summed E-state index contributed by atoms with van der Waals surface area (Å²) < 4.78 is 0. The van der Waals surface area contributed by atoms with Crippen LogP contribution in [0.5, 0.6) is 0 Å². The van der Waals surface area contributed by atoms with Gasteiger partial charge in [0, 0.05) is 29.5 Å². The average Bonchev–Trinajstić information content (AvgIpc) is 2.63. The summed E-state index contributed by atoms with van der Waals surface area (Å²) in [5.41, 5.74) is 4.65. The summed E-state index contributed by atoms with van der Waals surface area (Å²) in [6.07, 6.45) is 0.169. The molecule has 0 saturated carbocycles. The van der Waals surface area contributed by atoms with Crippen LogP contribution in [0.4, 0.5) is 0 Å². The van der Waals surface area contributed by atoms with Gasteiger partial charge in [0.2, 0.25) is 11.8 Å². The third-order valence-electron chi connectivity index (χ3n) is 3.71. The zero-order chi connectivity index (χ0) is 19.0. The predicted molar refractivity (Wildman–Crippen MR) is 104 cm³/mol. The van der Waals surface area contributed by atoms with Gasteiger partial charge in [0.05, 0.1) is 5.71 Å². The summed E-state index contributed by atoms with van der Waals surface area (Å²) in [6, 6.07) is 19.4. The van der Waals surface area contributed by atoms with E-state index < -0.39 is 5.41 Å². The molecule has 0 spiro atoms. The van der Waals surface area contributed by atoms with Gasteiger partial charge in [0.15, 0.2) is 0 Å². The van der Waals surface area contributed by atoms with E-state index >= 15 is 0 Å². The molecule has 0 saturated heterocycles. The molecule has 0 atom stereocenters. The van der Waals surface area contributed by atoms with Crippen LogP contribution in [0.2, 0.25) is 0 Å². The number of amides is 2. The number of benzene rings is 2. The van der Waals surface area contributed by atoms with Gasteiger partial charge < -0.3 is 5.32 Å². The monoisotopic (exact) mass is 351 g/mol. The fraction of sp³-hybridized carbons (Fsp3) is 0.286. The van der Waals surface area contributed by atoms with Crippen LogP contribution in [0, 0.1) is 5.41 Å². The van der Waals surface area contributed by atoms with E-state index in [9.17, 15) is 9.59 Å². The molecule has 2 aromatic rings. The molecule has 2 rings (SSSR count). The number of carbonyl (C=O) groups is 2. The van der Waals surface area contributed by atoms with E-state index in [1.54, 1.807) is 0 Å². The number of nitrogens with zero attached hydrogens (tertiary/aromatic N) is 1. The third-order valence-corrected chi connectivity index (χ3v) is 3.71. The lowest BCUT2D eigenvalue weighted by Gasteiger charge is -2.17. The SMILES string of the molecule is CC(C)(C)C(=O)NCCC(=O)NN=C(c1ccccc1)c1ccccc1. The van der Waals surface area contributed by atoms with Crippen molar-refractivity contribution in [2.24, 2.45) is 10.5 Å². The minimum atomic E-state index is -0.470. The maximum atomic E-state index is 12.1. The Bertz CT molecular complexity index is 721. The molecule has 26 heavy (non-hydrogen) atoms. The maximum absolute atomic E-state index is 12.1. The van der Waals surface area contributed by atoms with Crippen LogP contribution in [-0.2, 0) is 9.59 Å². The fourth-order valence-corrected chi connectivity index (χ4v) is 2.22. The van der Waals surface area contributed by atoms with Crippen LogP contribution >= 0.6 is 0 Å². The minimum Gasteiger partial charge on any atom is -0.355 e. The van der Waals surface area contributed by atoms with E-state index in [1.165, 1.54) is 0 Å². The zero-order valence-electron chi connectivity index (χ0n) is 15.5. The molecular weight excluding hydrogens is 326 g/mol. The van der Waals surface area contributed by atoms with E-state index in [0.717, 1.165) is 11.1 Å². The van der Waals surface area contributed by atoms with Crippen LogP contribution < -0.4 is 10.7 Å². The van der Waals surface area contributed by atoms with E-state index in [-0.39, 0.29) is 24.8 Å². The van der Waals surface area contributed by atoms with Crippen molar-refractivity contribution >= 4 is 17.5 Å². The zero-order valence-corrected chi connectivity index (χ0v) is 15.5. The Hall–Kier alpha value is -2.95. The van der Waals surface area contributed by atoms with Gasteiger partial charge in [0.25, 0.3) is 0 Å². The molecule has 0 aliphatic carbocycles. The van der Waals surface area contributed by atoms with Crippen molar-refractivity contribution in [2.45, 2.75) is 27.2 Å². The van der Waals surface area contributed by atoms with Crippen LogP contribution in [-0.4, -0.2) is 24.1 Å². The molecule has 0 fully saturated rings. The molecular formula is C21H25N3O2. The van der Waals surface area contributed by atoms with Crippen LogP contribution in [0.1, 0.15) is 38.3 Å². The Balaban J connectivity index is 2.02. The number of carbonyl (C=O) groups excluding carboxylic acids is 2. The van der Waals surface area contributed by atoms with Gasteiger partial charge in [-0.25, -0.2) is 5.43 Å². The van der Waals surface area contributed by atoms with Crippen molar-refractivity contribution in [3.8, 4) is 0 Å². The number of hydrogen-bond acceptors (Lipinski definition) is 3. The summed E-state index contributed by atoms with van der Waals surface area (Å²) in [5.74, 6) is -0.327. The normalized spacial score (nSPS) is 10.7. The minimum absolute atomic E-state index is 0.0805. The standard InChI is InChI=1S/C21H25N3O2/c1-21(2,3)20(26)22-15-14-18(25)23-24-19(16-10-6-4-7-11-16)17-12-8-5-9-13-17/h4-13H,14-15H2,1-3H3,(H,22,26)(H,23,25). The average molecular weight is 351 g/mol. The van der Waals surface area contributed by atoms with E-state index in [0.29, 0.717) is 5.71 Å². The van der Waals surface area contributed by atoms with E-state index in [2.05, 4.69) is 15.8 Å². The Morgan fingerprint density at radius 1 is 0.885 bits per heavy atom. The summed E-state index contributed by atoms with van der Waals surface area (Å²) in [4.78, 5) is 23.9. The highest BCUT2D eigenvalue weighted by atomic mass is 16.2. The Morgan fingerprint density at radius 3 is 1.85 bits per heavy atom. The van der Waals surface area contributed by atoms with Crippen LogP contribution in [0.25, 0.3) is 0 Å². The summed E-state index contributed by atoms with van der Waals surface area (Å²) in [6.45, 7) is 5.78. The molecule has 5 heteroatoms. The Kier molecular flexibility index (Phi) is 6.67.